The Morgan fingerprint density at radius 3 is 2.63 bits per heavy atom. The van der Waals surface area contributed by atoms with Gasteiger partial charge in [-0.05, 0) is 30.2 Å². The number of carbonyl (C=O) groups excluding carboxylic acids is 1. The minimum atomic E-state index is -0.755. The summed E-state index contributed by atoms with van der Waals surface area (Å²) in [4.78, 5) is 19.6. The zero-order valence-corrected chi connectivity index (χ0v) is 11.1. The first-order chi connectivity index (χ1) is 9.06. The molecule has 0 spiro atoms. The van der Waals surface area contributed by atoms with Gasteiger partial charge in [-0.25, -0.2) is 9.97 Å². The van der Waals surface area contributed by atoms with E-state index in [1.165, 1.54) is 6.20 Å². The SMILES string of the molecule is Cc1ccc(C(N)C(=O)Nc2ccnc(Cl)n2)cc1. The van der Waals surface area contributed by atoms with Crippen LogP contribution in [0.1, 0.15) is 17.2 Å². The van der Waals surface area contributed by atoms with E-state index in [1.54, 1.807) is 6.07 Å². The van der Waals surface area contributed by atoms with Gasteiger partial charge in [0.25, 0.3) is 0 Å². The molecular weight excluding hydrogens is 264 g/mol. The Bertz CT molecular complexity index is 585. The number of rotatable bonds is 3. The molecule has 98 valence electrons. The number of hydrogen-bond acceptors (Lipinski definition) is 4. The molecule has 0 fully saturated rings. The number of carbonyl (C=O) groups is 1. The Morgan fingerprint density at radius 1 is 1.32 bits per heavy atom. The van der Waals surface area contributed by atoms with Crippen LogP contribution in [0, 0.1) is 6.92 Å². The minimum absolute atomic E-state index is 0.0710. The summed E-state index contributed by atoms with van der Waals surface area (Å²) in [5, 5.41) is 2.67. The highest BCUT2D eigenvalue weighted by Gasteiger charge is 2.16. The summed E-state index contributed by atoms with van der Waals surface area (Å²) in [5.74, 6) is -0.0221. The second kappa shape index (κ2) is 5.77. The summed E-state index contributed by atoms with van der Waals surface area (Å²) in [6.45, 7) is 1.97. The predicted molar refractivity (Wildman–Crippen MR) is 73.8 cm³/mol. The van der Waals surface area contributed by atoms with Crippen LogP contribution < -0.4 is 11.1 Å². The zero-order valence-electron chi connectivity index (χ0n) is 10.3. The Kier molecular flexibility index (Phi) is 4.09. The highest BCUT2D eigenvalue weighted by Crippen LogP contribution is 2.14. The molecule has 2 rings (SSSR count). The maximum absolute atomic E-state index is 12.0. The summed E-state index contributed by atoms with van der Waals surface area (Å²) in [7, 11) is 0. The van der Waals surface area contributed by atoms with Gasteiger partial charge < -0.3 is 11.1 Å². The Balaban J connectivity index is 2.09. The number of benzene rings is 1. The first-order valence-corrected chi connectivity index (χ1v) is 6.05. The van der Waals surface area contributed by atoms with Crippen LogP contribution in [0.3, 0.4) is 0 Å². The fourth-order valence-electron chi connectivity index (χ4n) is 1.53. The average molecular weight is 277 g/mol. The molecule has 1 unspecified atom stereocenters. The van der Waals surface area contributed by atoms with Gasteiger partial charge in [0.05, 0.1) is 0 Å². The second-order valence-corrected chi connectivity index (χ2v) is 4.43. The largest absolute Gasteiger partial charge is 0.316 e. The van der Waals surface area contributed by atoms with E-state index in [0.717, 1.165) is 11.1 Å². The molecular formula is C13H13ClN4O. The van der Waals surface area contributed by atoms with Gasteiger partial charge in [0, 0.05) is 6.20 Å². The number of aromatic nitrogens is 2. The number of nitrogens with two attached hydrogens (primary N) is 1. The molecule has 1 amide bonds. The highest BCUT2D eigenvalue weighted by atomic mass is 35.5. The molecule has 0 saturated carbocycles. The van der Waals surface area contributed by atoms with Crippen LogP contribution >= 0.6 is 11.6 Å². The van der Waals surface area contributed by atoms with Crippen LogP contribution in [0.4, 0.5) is 5.82 Å². The number of hydrogen-bond donors (Lipinski definition) is 2. The highest BCUT2D eigenvalue weighted by molar-refractivity contribution is 6.28. The smallest absolute Gasteiger partial charge is 0.247 e. The molecule has 1 atom stereocenters. The molecule has 0 radical (unpaired) electrons. The van der Waals surface area contributed by atoms with E-state index in [9.17, 15) is 4.79 Å². The maximum Gasteiger partial charge on any atom is 0.247 e. The molecule has 3 N–H and O–H groups in total. The van der Waals surface area contributed by atoms with Crippen LogP contribution in [0.25, 0.3) is 0 Å². The van der Waals surface area contributed by atoms with E-state index < -0.39 is 6.04 Å². The van der Waals surface area contributed by atoms with Crippen LogP contribution in [-0.2, 0) is 4.79 Å². The lowest BCUT2D eigenvalue weighted by molar-refractivity contribution is -0.117. The number of nitrogens with zero attached hydrogens (tertiary/aromatic N) is 2. The fraction of sp³-hybridized carbons (Fsp3) is 0.154. The molecule has 0 aliphatic carbocycles. The number of nitrogens with one attached hydrogen (secondary N) is 1. The van der Waals surface area contributed by atoms with Gasteiger partial charge >= 0.3 is 0 Å². The van der Waals surface area contributed by atoms with Crippen LogP contribution in [0.5, 0.6) is 0 Å². The van der Waals surface area contributed by atoms with Crippen molar-refractivity contribution < 1.29 is 4.79 Å². The van der Waals surface area contributed by atoms with Gasteiger partial charge in [0.15, 0.2) is 0 Å². The minimum Gasteiger partial charge on any atom is -0.316 e. The Labute approximate surface area is 115 Å². The van der Waals surface area contributed by atoms with E-state index in [4.69, 9.17) is 17.3 Å². The van der Waals surface area contributed by atoms with Crippen molar-refractivity contribution in [1.82, 2.24) is 9.97 Å². The molecule has 0 aliphatic rings. The van der Waals surface area contributed by atoms with E-state index in [0.29, 0.717) is 5.82 Å². The molecule has 19 heavy (non-hydrogen) atoms. The number of halogens is 1. The van der Waals surface area contributed by atoms with Crippen molar-refractivity contribution in [2.45, 2.75) is 13.0 Å². The lowest BCUT2D eigenvalue weighted by Crippen LogP contribution is -2.28. The number of aryl methyl sites for hydroxylation is 1. The van der Waals surface area contributed by atoms with Gasteiger partial charge in [-0.1, -0.05) is 29.8 Å². The van der Waals surface area contributed by atoms with Crippen LogP contribution in [0.2, 0.25) is 5.28 Å². The monoisotopic (exact) mass is 276 g/mol. The molecule has 1 aromatic carbocycles. The average Bonchev–Trinajstić information content (AvgIpc) is 2.39. The lowest BCUT2D eigenvalue weighted by Gasteiger charge is -2.12. The molecule has 0 aliphatic heterocycles. The summed E-state index contributed by atoms with van der Waals surface area (Å²) < 4.78 is 0. The third kappa shape index (κ3) is 3.49. The third-order valence-electron chi connectivity index (χ3n) is 2.60. The van der Waals surface area contributed by atoms with Gasteiger partial charge in [-0.2, -0.15) is 0 Å². The van der Waals surface area contributed by atoms with Crippen molar-refractivity contribution in [3.8, 4) is 0 Å². The quantitative estimate of drug-likeness (QED) is 0.841. The topological polar surface area (TPSA) is 80.9 Å². The van der Waals surface area contributed by atoms with Gasteiger partial charge in [0.2, 0.25) is 11.2 Å². The first kappa shape index (κ1) is 13.5. The van der Waals surface area contributed by atoms with Gasteiger partial charge in [-0.15, -0.1) is 0 Å². The van der Waals surface area contributed by atoms with Crippen molar-refractivity contribution in [2.24, 2.45) is 5.73 Å². The lowest BCUT2D eigenvalue weighted by atomic mass is 10.1. The number of anilines is 1. The van der Waals surface area contributed by atoms with Crippen molar-refractivity contribution in [3.63, 3.8) is 0 Å². The summed E-state index contributed by atoms with van der Waals surface area (Å²) in [6, 6.07) is 8.26. The summed E-state index contributed by atoms with van der Waals surface area (Å²) >= 11 is 5.64. The second-order valence-electron chi connectivity index (χ2n) is 4.09. The Hall–Kier alpha value is -1.98. The van der Waals surface area contributed by atoms with Crippen LogP contribution in [-0.4, -0.2) is 15.9 Å². The first-order valence-electron chi connectivity index (χ1n) is 5.68. The van der Waals surface area contributed by atoms with Gasteiger partial charge in [0.1, 0.15) is 11.9 Å². The maximum atomic E-state index is 12.0. The van der Waals surface area contributed by atoms with Crippen molar-refractivity contribution in [3.05, 3.63) is 52.9 Å². The van der Waals surface area contributed by atoms with E-state index in [-0.39, 0.29) is 11.2 Å². The summed E-state index contributed by atoms with van der Waals surface area (Å²) in [5.41, 5.74) is 7.74. The zero-order chi connectivity index (χ0) is 13.8. The molecule has 1 aromatic heterocycles. The molecule has 6 heteroatoms. The van der Waals surface area contributed by atoms with Crippen molar-refractivity contribution in [2.75, 3.05) is 5.32 Å². The van der Waals surface area contributed by atoms with Gasteiger partial charge in [-0.3, -0.25) is 4.79 Å². The van der Waals surface area contributed by atoms with E-state index in [1.807, 2.05) is 31.2 Å². The van der Waals surface area contributed by atoms with Crippen molar-refractivity contribution >= 4 is 23.3 Å². The molecule has 1 heterocycles. The van der Waals surface area contributed by atoms with E-state index in [2.05, 4.69) is 15.3 Å². The molecule has 5 nitrogen and oxygen atoms in total. The van der Waals surface area contributed by atoms with Crippen LogP contribution in [0.15, 0.2) is 36.5 Å². The molecule has 0 bridgehead atoms. The van der Waals surface area contributed by atoms with Crippen molar-refractivity contribution in [1.29, 1.82) is 0 Å². The van der Waals surface area contributed by atoms with E-state index >= 15 is 0 Å². The summed E-state index contributed by atoms with van der Waals surface area (Å²) in [6.07, 6.45) is 1.46. The molecule has 0 saturated heterocycles. The molecule has 2 aromatic rings. The fourth-order valence-corrected chi connectivity index (χ4v) is 1.68. The normalized spacial score (nSPS) is 11.9. The third-order valence-corrected chi connectivity index (χ3v) is 2.78. The number of amides is 1. The standard InChI is InChI=1S/C13H13ClN4O/c1-8-2-4-9(5-3-8)11(15)12(19)17-10-6-7-16-13(14)18-10/h2-7,11H,15H2,1H3,(H,16,17,18,19). The predicted octanol–water partition coefficient (Wildman–Crippen LogP) is 2.08. The Morgan fingerprint density at radius 2 is 2.00 bits per heavy atom.